The Morgan fingerprint density at radius 3 is 2.38 bits per heavy atom. The molecule has 0 bridgehead atoms. The van der Waals surface area contributed by atoms with Gasteiger partial charge in [0, 0.05) is 10.7 Å². The number of halogens is 1. The lowest BCUT2D eigenvalue weighted by atomic mass is 10.2. The monoisotopic (exact) mass is 387 g/mol. The second kappa shape index (κ2) is 7.35. The van der Waals surface area contributed by atoms with Crippen LogP contribution in [0.2, 0.25) is 5.02 Å². The predicted molar refractivity (Wildman–Crippen MR) is 106 cm³/mol. The maximum atomic E-state index is 12.5. The van der Waals surface area contributed by atoms with Gasteiger partial charge in [0.25, 0.3) is 10.0 Å². The molecule has 5 nitrogen and oxygen atoms in total. The van der Waals surface area contributed by atoms with Crippen LogP contribution in [0.4, 0.5) is 17.2 Å². The number of benzene rings is 2. The molecule has 0 saturated carbocycles. The summed E-state index contributed by atoms with van der Waals surface area (Å²) in [6.45, 7) is 3.76. The van der Waals surface area contributed by atoms with Crippen molar-refractivity contribution in [2.75, 3.05) is 10.0 Å². The molecule has 0 spiro atoms. The molecule has 0 radical (unpaired) electrons. The van der Waals surface area contributed by atoms with Gasteiger partial charge in [0.05, 0.1) is 16.8 Å². The lowest BCUT2D eigenvalue weighted by molar-refractivity contribution is 0.601. The third kappa shape index (κ3) is 4.15. The van der Waals surface area contributed by atoms with Crippen molar-refractivity contribution < 1.29 is 8.42 Å². The Kier molecular flexibility index (Phi) is 5.15. The highest BCUT2D eigenvalue weighted by Gasteiger charge is 2.15. The van der Waals surface area contributed by atoms with Crippen molar-refractivity contribution in [1.29, 1.82) is 0 Å². The number of rotatable bonds is 5. The smallest absolute Gasteiger partial charge is 0.263 e. The van der Waals surface area contributed by atoms with Crippen LogP contribution in [0.5, 0.6) is 0 Å². The Balaban J connectivity index is 1.76. The number of aryl methyl sites for hydroxylation is 2. The van der Waals surface area contributed by atoms with Crippen LogP contribution in [-0.4, -0.2) is 13.4 Å². The molecule has 0 atom stereocenters. The van der Waals surface area contributed by atoms with E-state index in [0.717, 1.165) is 16.9 Å². The van der Waals surface area contributed by atoms with Crippen LogP contribution in [0.3, 0.4) is 0 Å². The molecule has 2 N–H and O–H groups in total. The average molecular weight is 388 g/mol. The molecule has 26 heavy (non-hydrogen) atoms. The fraction of sp³-hybridized carbons (Fsp3) is 0.105. The highest BCUT2D eigenvalue weighted by molar-refractivity contribution is 7.92. The van der Waals surface area contributed by atoms with E-state index in [1.54, 1.807) is 31.3 Å². The Bertz CT molecular complexity index is 1030. The van der Waals surface area contributed by atoms with Gasteiger partial charge in [-0.2, -0.15) is 0 Å². The number of aromatic nitrogens is 1. The molecule has 3 rings (SSSR count). The van der Waals surface area contributed by atoms with Crippen molar-refractivity contribution in [3.8, 4) is 0 Å². The summed E-state index contributed by atoms with van der Waals surface area (Å²) < 4.78 is 27.4. The molecule has 2 aromatic carbocycles. The first-order valence-corrected chi connectivity index (χ1v) is 9.79. The van der Waals surface area contributed by atoms with Crippen molar-refractivity contribution in [3.05, 3.63) is 76.9 Å². The Morgan fingerprint density at radius 2 is 1.73 bits per heavy atom. The minimum atomic E-state index is -3.72. The number of para-hydroxylation sites is 1. The molecule has 134 valence electrons. The molecule has 7 heteroatoms. The third-order valence-corrected chi connectivity index (χ3v) is 5.64. The Hall–Kier alpha value is -2.57. The van der Waals surface area contributed by atoms with Crippen molar-refractivity contribution >= 4 is 38.8 Å². The van der Waals surface area contributed by atoms with Crippen molar-refractivity contribution in [2.24, 2.45) is 0 Å². The minimum absolute atomic E-state index is 0.142. The fourth-order valence-electron chi connectivity index (χ4n) is 2.38. The lowest BCUT2D eigenvalue weighted by Crippen LogP contribution is -2.14. The summed E-state index contributed by atoms with van der Waals surface area (Å²) in [5, 5.41) is 3.78. The van der Waals surface area contributed by atoms with E-state index in [1.807, 2.05) is 31.2 Å². The summed E-state index contributed by atoms with van der Waals surface area (Å²) in [4.78, 5) is 4.32. The number of pyridine rings is 1. The zero-order chi connectivity index (χ0) is 18.7. The lowest BCUT2D eigenvalue weighted by Gasteiger charge is -2.11. The van der Waals surface area contributed by atoms with Crippen molar-refractivity contribution in [1.82, 2.24) is 4.98 Å². The zero-order valence-electron chi connectivity index (χ0n) is 14.3. The first-order valence-electron chi connectivity index (χ1n) is 7.93. The molecule has 1 aromatic heterocycles. The second-order valence-corrected chi connectivity index (χ2v) is 7.98. The van der Waals surface area contributed by atoms with E-state index in [2.05, 4.69) is 15.0 Å². The molecule has 0 aliphatic carbocycles. The Morgan fingerprint density at radius 1 is 0.962 bits per heavy atom. The quantitative estimate of drug-likeness (QED) is 0.653. The van der Waals surface area contributed by atoms with Gasteiger partial charge >= 0.3 is 0 Å². The SMILES string of the molecule is Cc1cc(S(=O)(=O)Nc2ccc(Nc3ccccc3C)cn2)ccc1Cl. The molecule has 0 amide bonds. The van der Waals surface area contributed by atoms with Crippen LogP contribution in [0, 0.1) is 13.8 Å². The number of nitrogens with one attached hydrogen (secondary N) is 2. The molecule has 0 fully saturated rings. The second-order valence-electron chi connectivity index (χ2n) is 5.89. The standard InChI is InChI=1S/C19H18ClN3O2S/c1-13-5-3-4-6-18(13)22-15-7-10-19(21-12-15)23-26(24,25)16-8-9-17(20)14(2)11-16/h3-12,22H,1-2H3,(H,21,23). The van der Waals surface area contributed by atoms with Gasteiger partial charge in [-0.15, -0.1) is 0 Å². The first kappa shape index (κ1) is 18.2. The van der Waals surface area contributed by atoms with Gasteiger partial charge in [-0.1, -0.05) is 29.8 Å². The minimum Gasteiger partial charge on any atom is -0.354 e. The molecule has 0 saturated heterocycles. The summed E-state index contributed by atoms with van der Waals surface area (Å²) in [7, 11) is -3.72. The van der Waals surface area contributed by atoms with E-state index in [1.165, 1.54) is 12.1 Å². The van der Waals surface area contributed by atoms with Crippen molar-refractivity contribution in [2.45, 2.75) is 18.7 Å². The normalized spacial score (nSPS) is 11.2. The molecular weight excluding hydrogens is 370 g/mol. The number of sulfonamides is 1. The van der Waals surface area contributed by atoms with Gasteiger partial charge in [0.1, 0.15) is 5.82 Å². The van der Waals surface area contributed by atoms with Gasteiger partial charge in [-0.3, -0.25) is 4.72 Å². The van der Waals surface area contributed by atoms with Crippen LogP contribution in [-0.2, 0) is 10.0 Å². The van der Waals surface area contributed by atoms with E-state index < -0.39 is 10.0 Å². The number of hydrogen-bond donors (Lipinski definition) is 2. The van der Waals surface area contributed by atoms with Gasteiger partial charge in [-0.05, 0) is 61.4 Å². The van der Waals surface area contributed by atoms with Crippen LogP contribution in [0.1, 0.15) is 11.1 Å². The number of nitrogens with zero attached hydrogens (tertiary/aromatic N) is 1. The molecule has 0 aliphatic heterocycles. The maximum Gasteiger partial charge on any atom is 0.263 e. The molecule has 0 aliphatic rings. The highest BCUT2D eigenvalue weighted by Crippen LogP contribution is 2.23. The largest absolute Gasteiger partial charge is 0.354 e. The van der Waals surface area contributed by atoms with Crippen LogP contribution in [0.25, 0.3) is 0 Å². The topological polar surface area (TPSA) is 71.1 Å². The summed E-state index contributed by atoms with van der Waals surface area (Å²) in [6.07, 6.45) is 1.58. The molecule has 1 heterocycles. The number of anilines is 3. The third-order valence-electron chi connectivity index (χ3n) is 3.87. The predicted octanol–water partition coefficient (Wildman–Crippen LogP) is 4.90. The zero-order valence-corrected chi connectivity index (χ0v) is 15.9. The van der Waals surface area contributed by atoms with Gasteiger partial charge < -0.3 is 5.32 Å². The van der Waals surface area contributed by atoms with E-state index in [-0.39, 0.29) is 10.7 Å². The van der Waals surface area contributed by atoms with Crippen molar-refractivity contribution in [3.63, 3.8) is 0 Å². The molecule has 3 aromatic rings. The summed E-state index contributed by atoms with van der Waals surface area (Å²) in [5.41, 5.74) is 3.54. The van der Waals surface area contributed by atoms with E-state index in [0.29, 0.717) is 10.6 Å². The summed E-state index contributed by atoms with van der Waals surface area (Å²) >= 11 is 5.95. The first-order chi connectivity index (χ1) is 12.3. The van der Waals surface area contributed by atoms with E-state index >= 15 is 0 Å². The molecule has 0 unspecified atom stereocenters. The number of hydrogen-bond acceptors (Lipinski definition) is 4. The van der Waals surface area contributed by atoms with Crippen LogP contribution >= 0.6 is 11.6 Å². The highest BCUT2D eigenvalue weighted by atomic mass is 35.5. The fourth-order valence-corrected chi connectivity index (χ4v) is 3.59. The van der Waals surface area contributed by atoms with Gasteiger partial charge in [-0.25, -0.2) is 13.4 Å². The van der Waals surface area contributed by atoms with Gasteiger partial charge in [0.15, 0.2) is 0 Å². The van der Waals surface area contributed by atoms with Crippen LogP contribution in [0.15, 0.2) is 65.7 Å². The Labute approximate surface area is 158 Å². The molecular formula is C19H18ClN3O2S. The van der Waals surface area contributed by atoms with Gasteiger partial charge in [0.2, 0.25) is 0 Å². The maximum absolute atomic E-state index is 12.5. The summed E-state index contributed by atoms with van der Waals surface area (Å²) in [6, 6.07) is 15.8. The van der Waals surface area contributed by atoms with E-state index in [4.69, 9.17) is 11.6 Å². The van der Waals surface area contributed by atoms with Crippen LogP contribution < -0.4 is 10.0 Å². The average Bonchev–Trinajstić information content (AvgIpc) is 2.60. The van der Waals surface area contributed by atoms with E-state index in [9.17, 15) is 8.42 Å². The summed E-state index contributed by atoms with van der Waals surface area (Å²) in [5.74, 6) is 0.243.